The number of para-hydroxylation sites is 1. The molecule has 8 nitrogen and oxygen atoms in total. The van der Waals surface area contributed by atoms with Crippen LogP contribution in [0.25, 0.3) is 21.9 Å². The minimum absolute atomic E-state index is 0.0884. The van der Waals surface area contributed by atoms with E-state index in [4.69, 9.17) is 9.84 Å². The molecule has 0 fully saturated rings. The second-order valence-electron chi connectivity index (χ2n) is 7.81. The molecule has 0 bridgehead atoms. The molecular formula is C24H27N5O3S. The summed E-state index contributed by atoms with van der Waals surface area (Å²) >= 11 is 1.35. The van der Waals surface area contributed by atoms with E-state index in [0.717, 1.165) is 17.8 Å². The second kappa shape index (κ2) is 9.68. The molecule has 1 aromatic carbocycles. The van der Waals surface area contributed by atoms with E-state index in [9.17, 15) is 9.59 Å². The number of amides is 1. The smallest absolute Gasteiger partial charge is 0.268 e. The normalized spacial score (nSPS) is 11.3. The van der Waals surface area contributed by atoms with Crippen LogP contribution in [0.3, 0.4) is 0 Å². The maximum atomic E-state index is 13.6. The van der Waals surface area contributed by atoms with Gasteiger partial charge in [-0.25, -0.2) is 9.67 Å². The lowest BCUT2D eigenvalue weighted by Gasteiger charge is -2.09. The molecule has 4 rings (SSSR count). The average Bonchev–Trinajstić information content (AvgIpc) is 3.37. The highest BCUT2D eigenvalue weighted by Crippen LogP contribution is 2.24. The summed E-state index contributed by atoms with van der Waals surface area (Å²) in [5.41, 5.74) is 5.14. The fraction of sp³-hybridized carbons (Fsp3) is 0.333. The van der Waals surface area contributed by atoms with Crippen LogP contribution in [0.1, 0.15) is 29.6 Å². The molecule has 0 radical (unpaired) electrons. The Balaban J connectivity index is 1.76. The zero-order chi connectivity index (χ0) is 23.5. The third-order valence-electron chi connectivity index (χ3n) is 5.54. The lowest BCUT2D eigenvalue weighted by atomic mass is 10.1. The Morgan fingerprint density at radius 3 is 2.79 bits per heavy atom. The van der Waals surface area contributed by atoms with Crippen molar-refractivity contribution in [3.8, 4) is 16.9 Å². The molecule has 172 valence electrons. The molecule has 0 atom stereocenters. The maximum Gasteiger partial charge on any atom is 0.268 e. The maximum absolute atomic E-state index is 13.6. The Labute approximate surface area is 195 Å². The average molecular weight is 466 g/mol. The molecule has 0 aliphatic carbocycles. The van der Waals surface area contributed by atoms with Crippen LogP contribution in [0.2, 0.25) is 0 Å². The van der Waals surface area contributed by atoms with E-state index in [-0.39, 0.29) is 17.9 Å². The van der Waals surface area contributed by atoms with Crippen LogP contribution in [0.15, 0.2) is 40.5 Å². The van der Waals surface area contributed by atoms with E-state index >= 15 is 0 Å². The van der Waals surface area contributed by atoms with Gasteiger partial charge in [0.2, 0.25) is 5.91 Å². The Morgan fingerprint density at radius 1 is 1.24 bits per heavy atom. The Kier molecular flexibility index (Phi) is 6.71. The Bertz CT molecular complexity index is 1370. The van der Waals surface area contributed by atoms with Gasteiger partial charge in [-0.15, -0.1) is 11.3 Å². The lowest BCUT2D eigenvalue weighted by Crippen LogP contribution is -2.30. The van der Waals surface area contributed by atoms with Crippen molar-refractivity contribution in [1.82, 2.24) is 24.5 Å². The molecule has 33 heavy (non-hydrogen) atoms. The van der Waals surface area contributed by atoms with E-state index in [1.165, 1.54) is 21.3 Å². The number of hydrogen-bond acceptors (Lipinski definition) is 6. The summed E-state index contributed by atoms with van der Waals surface area (Å²) in [7, 11) is 1.58. The molecule has 9 heteroatoms. The van der Waals surface area contributed by atoms with Gasteiger partial charge in [0.1, 0.15) is 5.69 Å². The number of aromatic nitrogens is 4. The van der Waals surface area contributed by atoms with Crippen LogP contribution in [-0.4, -0.2) is 45.3 Å². The Morgan fingerprint density at radius 2 is 2.03 bits per heavy atom. The number of aryl methyl sites for hydroxylation is 3. The molecule has 1 N–H and O–H groups in total. The van der Waals surface area contributed by atoms with Gasteiger partial charge in [-0.3, -0.25) is 14.0 Å². The zero-order valence-corrected chi connectivity index (χ0v) is 20.0. The predicted octanol–water partition coefficient (Wildman–Crippen LogP) is 3.09. The first-order valence-electron chi connectivity index (χ1n) is 10.8. The molecule has 0 aliphatic rings. The van der Waals surface area contributed by atoms with Crippen molar-refractivity contribution in [2.75, 3.05) is 20.3 Å². The third-order valence-corrected chi connectivity index (χ3v) is 6.41. The van der Waals surface area contributed by atoms with Gasteiger partial charge in [-0.1, -0.05) is 25.1 Å². The zero-order valence-electron chi connectivity index (χ0n) is 19.2. The molecule has 0 unspecified atom stereocenters. The van der Waals surface area contributed by atoms with Crippen LogP contribution in [0.4, 0.5) is 0 Å². The van der Waals surface area contributed by atoms with E-state index in [2.05, 4.69) is 23.3 Å². The molecule has 4 aromatic rings. The van der Waals surface area contributed by atoms with Crippen LogP contribution in [0, 0.1) is 13.8 Å². The summed E-state index contributed by atoms with van der Waals surface area (Å²) in [6, 6.07) is 10.0. The van der Waals surface area contributed by atoms with Crippen LogP contribution in [0.5, 0.6) is 0 Å². The van der Waals surface area contributed by atoms with Crippen LogP contribution in [-0.2, 0) is 22.4 Å². The number of carbonyl (C=O) groups is 1. The highest BCUT2D eigenvalue weighted by Gasteiger charge is 2.20. The molecule has 0 aliphatic heterocycles. The van der Waals surface area contributed by atoms with Gasteiger partial charge in [-0.2, -0.15) is 5.10 Å². The first-order valence-corrected chi connectivity index (χ1v) is 11.7. The number of fused-ring (bicyclic) bond motifs is 1. The quantitative estimate of drug-likeness (QED) is 0.404. The number of nitrogens with zero attached hydrogens (tertiary/aromatic N) is 4. The standard InChI is InChI=1S/C24H27N5O3S/c1-5-17-8-6-7-9-20(17)29-15(2)12-19(27-29)22-16(3)26-24-28(23(22)31)18(14-33-24)13-21(30)25-10-11-32-4/h6-9,12,14H,5,10-11,13H2,1-4H3,(H,25,30). The number of carbonyl (C=O) groups excluding carboxylic acids is 1. The minimum Gasteiger partial charge on any atom is -0.383 e. The molecule has 0 saturated carbocycles. The van der Waals surface area contributed by atoms with Crippen molar-refractivity contribution >= 4 is 22.2 Å². The van der Waals surface area contributed by atoms with E-state index in [0.29, 0.717) is 40.8 Å². The van der Waals surface area contributed by atoms with E-state index < -0.39 is 0 Å². The fourth-order valence-electron chi connectivity index (χ4n) is 3.90. The predicted molar refractivity (Wildman–Crippen MR) is 129 cm³/mol. The van der Waals surface area contributed by atoms with Gasteiger partial charge < -0.3 is 10.1 Å². The molecule has 3 aromatic heterocycles. The largest absolute Gasteiger partial charge is 0.383 e. The first kappa shape index (κ1) is 22.9. The first-order chi connectivity index (χ1) is 15.9. The van der Waals surface area contributed by atoms with Crippen molar-refractivity contribution in [3.05, 3.63) is 68.7 Å². The van der Waals surface area contributed by atoms with Crippen molar-refractivity contribution in [2.45, 2.75) is 33.6 Å². The summed E-state index contributed by atoms with van der Waals surface area (Å²) in [6.45, 7) is 6.76. The van der Waals surface area contributed by atoms with Crippen LogP contribution >= 0.6 is 11.3 Å². The summed E-state index contributed by atoms with van der Waals surface area (Å²) in [5.74, 6) is -0.169. The van der Waals surface area contributed by atoms with Gasteiger partial charge in [-0.05, 0) is 38.0 Å². The molecular weight excluding hydrogens is 438 g/mol. The SMILES string of the molecule is CCc1ccccc1-n1nc(-c2c(C)nc3scc(CC(=O)NCCOC)n3c2=O)cc1C. The number of thiazole rings is 1. The van der Waals surface area contributed by atoms with Crippen molar-refractivity contribution in [1.29, 1.82) is 0 Å². The van der Waals surface area contributed by atoms with Crippen LogP contribution < -0.4 is 10.9 Å². The number of rotatable bonds is 8. The summed E-state index contributed by atoms with van der Waals surface area (Å²) in [4.78, 5) is 31.1. The van der Waals surface area contributed by atoms with E-state index in [1.807, 2.05) is 48.2 Å². The monoisotopic (exact) mass is 465 g/mol. The number of benzene rings is 1. The van der Waals surface area contributed by atoms with Gasteiger partial charge in [0.05, 0.1) is 30.0 Å². The van der Waals surface area contributed by atoms with Gasteiger partial charge in [0, 0.05) is 30.4 Å². The number of methoxy groups -OCH3 is 1. The lowest BCUT2D eigenvalue weighted by molar-refractivity contribution is -0.120. The van der Waals surface area contributed by atoms with E-state index in [1.54, 1.807) is 7.11 Å². The summed E-state index contributed by atoms with van der Waals surface area (Å²) < 4.78 is 8.37. The molecule has 0 spiro atoms. The summed E-state index contributed by atoms with van der Waals surface area (Å²) in [6.07, 6.45) is 0.968. The molecule has 3 heterocycles. The van der Waals surface area contributed by atoms with Gasteiger partial charge in [0.15, 0.2) is 4.96 Å². The highest BCUT2D eigenvalue weighted by atomic mass is 32.1. The van der Waals surface area contributed by atoms with Crippen molar-refractivity contribution in [3.63, 3.8) is 0 Å². The molecule has 1 amide bonds. The second-order valence-corrected chi connectivity index (χ2v) is 8.64. The fourth-order valence-corrected chi connectivity index (χ4v) is 4.83. The Hall–Kier alpha value is -3.30. The highest BCUT2D eigenvalue weighted by molar-refractivity contribution is 7.15. The summed E-state index contributed by atoms with van der Waals surface area (Å²) in [5, 5.41) is 9.39. The minimum atomic E-state index is -0.216. The molecule has 0 saturated heterocycles. The topological polar surface area (TPSA) is 90.5 Å². The van der Waals surface area contributed by atoms with Crippen molar-refractivity contribution < 1.29 is 9.53 Å². The third kappa shape index (κ3) is 4.46. The van der Waals surface area contributed by atoms with Gasteiger partial charge in [0.25, 0.3) is 5.56 Å². The number of ether oxygens (including phenoxy) is 1. The van der Waals surface area contributed by atoms with Crippen molar-refractivity contribution in [2.24, 2.45) is 0 Å². The number of nitrogens with one attached hydrogen (secondary N) is 1. The van der Waals surface area contributed by atoms with Gasteiger partial charge >= 0.3 is 0 Å². The number of hydrogen-bond donors (Lipinski definition) is 1.